The predicted octanol–water partition coefficient (Wildman–Crippen LogP) is 3.48. The van der Waals surface area contributed by atoms with Crippen molar-refractivity contribution in [3.05, 3.63) is 63.6 Å². The minimum Gasteiger partial charge on any atom is -0.361 e. The molecule has 0 aliphatic carbocycles. The summed E-state index contributed by atoms with van der Waals surface area (Å²) < 4.78 is 7.86. The smallest absolute Gasteiger partial charge is 0.230 e. The zero-order valence-corrected chi connectivity index (χ0v) is 15.0. The Balaban J connectivity index is 1.70. The van der Waals surface area contributed by atoms with E-state index in [1.165, 1.54) is 0 Å². The summed E-state index contributed by atoms with van der Waals surface area (Å²) in [5.74, 6) is 1.21. The lowest BCUT2D eigenvalue weighted by Crippen LogP contribution is -2.18. The van der Waals surface area contributed by atoms with Crippen LogP contribution in [0.3, 0.4) is 0 Å². The second kappa shape index (κ2) is 7.00. The number of nitrogens with one attached hydrogen (secondary N) is 1. The summed E-state index contributed by atoms with van der Waals surface area (Å²) in [5, 5.41) is 11.1. The molecule has 0 atom stereocenters. The Bertz CT molecular complexity index is 850. The molecule has 0 bridgehead atoms. The van der Waals surface area contributed by atoms with E-state index in [4.69, 9.17) is 4.52 Å². The number of anilines is 1. The van der Waals surface area contributed by atoms with E-state index in [1.54, 1.807) is 23.9 Å². The molecule has 0 spiro atoms. The van der Waals surface area contributed by atoms with E-state index in [9.17, 15) is 4.79 Å². The van der Waals surface area contributed by atoms with E-state index in [1.807, 2.05) is 31.2 Å². The van der Waals surface area contributed by atoms with Gasteiger partial charge in [-0.25, -0.2) is 4.68 Å². The third-order valence-electron chi connectivity index (χ3n) is 3.72. The molecule has 1 amide bonds. The van der Waals surface area contributed by atoms with Crippen molar-refractivity contribution in [3.63, 3.8) is 0 Å². The highest BCUT2D eigenvalue weighted by atomic mass is 79.9. The van der Waals surface area contributed by atoms with Gasteiger partial charge in [0.2, 0.25) is 5.91 Å². The van der Waals surface area contributed by atoms with Gasteiger partial charge in [-0.15, -0.1) is 0 Å². The molecule has 2 heterocycles. The summed E-state index contributed by atoms with van der Waals surface area (Å²) in [6.45, 7) is 4.21. The van der Waals surface area contributed by atoms with Crippen molar-refractivity contribution in [1.82, 2.24) is 14.9 Å². The molecule has 124 valence electrons. The first-order valence-corrected chi connectivity index (χ1v) is 8.30. The summed E-state index contributed by atoms with van der Waals surface area (Å²) in [4.78, 5) is 12.3. The number of hydrogen-bond donors (Lipinski definition) is 1. The molecule has 24 heavy (non-hydrogen) atoms. The maximum absolute atomic E-state index is 12.3. The van der Waals surface area contributed by atoms with E-state index >= 15 is 0 Å². The highest BCUT2D eigenvalue weighted by molar-refractivity contribution is 9.10. The molecule has 7 heteroatoms. The van der Waals surface area contributed by atoms with Crippen LogP contribution in [0.2, 0.25) is 0 Å². The highest BCUT2D eigenvalue weighted by Crippen LogP contribution is 2.16. The average Bonchev–Trinajstić information content (AvgIpc) is 3.09. The molecule has 0 radical (unpaired) electrons. The quantitative estimate of drug-likeness (QED) is 0.725. The number of aryl methyl sites for hydroxylation is 2. The maximum atomic E-state index is 12.3. The van der Waals surface area contributed by atoms with E-state index in [0.29, 0.717) is 18.1 Å². The lowest BCUT2D eigenvalue weighted by atomic mass is 10.1. The first kappa shape index (κ1) is 16.4. The third-order valence-corrected chi connectivity index (χ3v) is 4.22. The second-order valence-corrected chi connectivity index (χ2v) is 6.45. The van der Waals surface area contributed by atoms with E-state index < -0.39 is 0 Å². The lowest BCUT2D eigenvalue weighted by Gasteiger charge is -2.09. The molecule has 0 saturated carbocycles. The Hall–Kier alpha value is -2.41. The molecule has 1 N–H and O–H groups in total. The molecule has 0 aliphatic heterocycles. The van der Waals surface area contributed by atoms with Crippen molar-refractivity contribution >= 4 is 27.7 Å². The van der Waals surface area contributed by atoms with E-state index in [2.05, 4.69) is 31.5 Å². The van der Waals surface area contributed by atoms with Crippen LogP contribution in [0.4, 0.5) is 5.82 Å². The van der Waals surface area contributed by atoms with Gasteiger partial charge in [-0.2, -0.15) is 5.10 Å². The Morgan fingerprint density at radius 2 is 2.17 bits per heavy atom. The van der Waals surface area contributed by atoms with Crippen molar-refractivity contribution in [2.45, 2.75) is 26.8 Å². The number of carbonyl (C=O) groups is 1. The zero-order chi connectivity index (χ0) is 17.1. The second-order valence-electron chi connectivity index (χ2n) is 5.53. The SMILES string of the molecule is Cc1noc(C)c1CC(=O)Nc1ccnn1Cc1cccc(Br)c1. The standard InChI is InChI=1S/C17H17BrN4O2/c1-11-15(12(2)24-21-11)9-17(23)20-16-6-7-19-22(16)10-13-4-3-5-14(18)8-13/h3-8H,9-10H2,1-2H3,(H,20,23). The number of benzene rings is 1. The van der Waals surface area contributed by atoms with Crippen LogP contribution in [0.5, 0.6) is 0 Å². The number of halogens is 1. The molecule has 0 fully saturated rings. The van der Waals surface area contributed by atoms with Crippen molar-refractivity contribution in [2.24, 2.45) is 0 Å². The monoisotopic (exact) mass is 388 g/mol. The molecule has 1 aromatic carbocycles. The Morgan fingerprint density at radius 3 is 2.88 bits per heavy atom. The summed E-state index contributed by atoms with van der Waals surface area (Å²) >= 11 is 3.46. The van der Waals surface area contributed by atoms with Crippen molar-refractivity contribution in [1.29, 1.82) is 0 Å². The fourth-order valence-corrected chi connectivity index (χ4v) is 2.92. The van der Waals surface area contributed by atoms with Crippen LogP contribution in [0.15, 0.2) is 45.5 Å². The first-order chi connectivity index (χ1) is 11.5. The molecule has 2 aromatic heterocycles. The van der Waals surface area contributed by atoms with Crippen LogP contribution in [0.25, 0.3) is 0 Å². The largest absolute Gasteiger partial charge is 0.361 e. The molecule has 6 nitrogen and oxygen atoms in total. The number of nitrogens with zero attached hydrogens (tertiary/aromatic N) is 3. The fraction of sp³-hybridized carbons (Fsp3) is 0.235. The van der Waals surface area contributed by atoms with Gasteiger partial charge in [0.25, 0.3) is 0 Å². The van der Waals surface area contributed by atoms with Crippen LogP contribution in [0, 0.1) is 13.8 Å². The Kier molecular flexibility index (Phi) is 4.80. The Morgan fingerprint density at radius 1 is 1.33 bits per heavy atom. The van der Waals surface area contributed by atoms with Crippen molar-refractivity contribution in [2.75, 3.05) is 5.32 Å². The molecular weight excluding hydrogens is 372 g/mol. The normalized spacial score (nSPS) is 10.8. The number of hydrogen-bond acceptors (Lipinski definition) is 4. The van der Waals surface area contributed by atoms with Gasteiger partial charge < -0.3 is 9.84 Å². The van der Waals surface area contributed by atoms with Gasteiger partial charge in [0, 0.05) is 16.1 Å². The van der Waals surface area contributed by atoms with Gasteiger partial charge in [-0.3, -0.25) is 4.79 Å². The van der Waals surface area contributed by atoms with Gasteiger partial charge in [0.15, 0.2) is 0 Å². The first-order valence-electron chi connectivity index (χ1n) is 7.51. The number of aromatic nitrogens is 3. The van der Waals surface area contributed by atoms with Crippen LogP contribution in [0.1, 0.15) is 22.6 Å². The molecule has 0 unspecified atom stereocenters. The molecular formula is C17H17BrN4O2. The minimum atomic E-state index is -0.125. The minimum absolute atomic E-state index is 0.125. The Labute approximate surface area is 148 Å². The van der Waals surface area contributed by atoms with Gasteiger partial charge in [0.1, 0.15) is 11.6 Å². The van der Waals surface area contributed by atoms with Gasteiger partial charge in [0.05, 0.1) is 24.9 Å². The van der Waals surface area contributed by atoms with Crippen LogP contribution < -0.4 is 5.32 Å². The molecule has 0 saturated heterocycles. The van der Waals surface area contributed by atoms with Crippen LogP contribution >= 0.6 is 15.9 Å². The highest BCUT2D eigenvalue weighted by Gasteiger charge is 2.15. The van der Waals surface area contributed by atoms with Gasteiger partial charge in [-0.05, 0) is 31.5 Å². The topological polar surface area (TPSA) is 73.0 Å². The third kappa shape index (κ3) is 3.73. The van der Waals surface area contributed by atoms with E-state index in [-0.39, 0.29) is 12.3 Å². The fourth-order valence-electron chi connectivity index (χ4n) is 2.47. The number of rotatable bonds is 5. The predicted molar refractivity (Wildman–Crippen MR) is 93.8 cm³/mol. The maximum Gasteiger partial charge on any atom is 0.230 e. The van der Waals surface area contributed by atoms with Crippen molar-refractivity contribution in [3.8, 4) is 0 Å². The summed E-state index contributed by atoms with van der Waals surface area (Å²) in [7, 11) is 0. The summed E-state index contributed by atoms with van der Waals surface area (Å²) in [6.07, 6.45) is 1.90. The molecule has 3 rings (SSSR count). The van der Waals surface area contributed by atoms with Crippen LogP contribution in [-0.4, -0.2) is 20.8 Å². The van der Waals surface area contributed by atoms with Gasteiger partial charge in [-0.1, -0.05) is 33.2 Å². The summed E-state index contributed by atoms with van der Waals surface area (Å²) in [6, 6.07) is 9.76. The molecule has 0 aliphatic rings. The zero-order valence-electron chi connectivity index (χ0n) is 13.4. The van der Waals surface area contributed by atoms with Crippen LogP contribution in [-0.2, 0) is 17.8 Å². The number of amides is 1. The van der Waals surface area contributed by atoms with E-state index in [0.717, 1.165) is 21.3 Å². The number of carbonyl (C=O) groups excluding carboxylic acids is 1. The average molecular weight is 389 g/mol. The summed E-state index contributed by atoms with van der Waals surface area (Å²) in [5.41, 5.74) is 2.66. The lowest BCUT2D eigenvalue weighted by molar-refractivity contribution is -0.115. The van der Waals surface area contributed by atoms with Crippen molar-refractivity contribution < 1.29 is 9.32 Å². The van der Waals surface area contributed by atoms with Gasteiger partial charge >= 0.3 is 0 Å². The molecule has 3 aromatic rings.